The van der Waals surface area contributed by atoms with Gasteiger partial charge in [-0.2, -0.15) is 17.5 Å². The normalized spacial score (nSPS) is 23.2. The Morgan fingerprint density at radius 2 is 1.92 bits per heavy atom. The molecule has 5 nitrogen and oxygen atoms in total. The van der Waals surface area contributed by atoms with Crippen LogP contribution in [0.3, 0.4) is 0 Å². The molecule has 2 atom stereocenters. The maximum absolute atomic E-state index is 14.0. The van der Waals surface area contributed by atoms with E-state index in [-0.39, 0.29) is 31.5 Å². The lowest BCUT2D eigenvalue weighted by molar-refractivity contribution is -0.143. The molecule has 2 unspecified atom stereocenters. The van der Waals surface area contributed by atoms with Crippen LogP contribution in [0.15, 0.2) is 23.1 Å². The third-order valence-electron chi connectivity index (χ3n) is 3.85. The first-order valence-corrected chi connectivity index (χ1v) is 8.46. The highest BCUT2D eigenvalue weighted by atomic mass is 32.2. The Balaban J connectivity index is 2.38. The monoisotopic (exact) mass is 369 g/mol. The SMILES string of the molecule is CC1CC(C(=O)O)CN(S(=O)(=O)c2ccc(C(F)(F)F)cc2F)C1. The minimum atomic E-state index is -4.79. The number of piperidine rings is 1. The molecule has 0 aromatic heterocycles. The number of hydrogen-bond acceptors (Lipinski definition) is 3. The molecular weight excluding hydrogens is 354 g/mol. The molecule has 0 radical (unpaired) electrons. The number of nitrogens with zero attached hydrogens (tertiary/aromatic N) is 1. The summed E-state index contributed by atoms with van der Waals surface area (Å²) in [6.45, 7) is 1.29. The first-order valence-electron chi connectivity index (χ1n) is 7.02. The minimum absolute atomic E-state index is 0.0213. The van der Waals surface area contributed by atoms with E-state index >= 15 is 0 Å². The van der Waals surface area contributed by atoms with Gasteiger partial charge in [0.15, 0.2) is 0 Å². The van der Waals surface area contributed by atoms with Crippen molar-refractivity contribution in [2.24, 2.45) is 11.8 Å². The largest absolute Gasteiger partial charge is 0.481 e. The molecule has 1 aliphatic rings. The lowest BCUT2D eigenvalue weighted by Crippen LogP contribution is -2.45. The van der Waals surface area contributed by atoms with Gasteiger partial charge in [-0.05, 0) is 30.5 Å². The molecule has 1 N–H and O–H groups in total. The summed E-state index contributed by atoms with van der Waals surface area (Å²) in [6, 6.07) is 1.16. The quantitative estimate of drug-likeness (QED) is 0.831. The number of hydrogen-bond donors (Lipinski definition) is 1. The van der Waals surface area contributed by atoms with E-state index in [0.29, 0.717) is 12.1 Å². The van der Waals surface area contributed by atoms with Gasteiger partial charge in [-0.1, -0.05) is 6.92 Å². The standard InChI is InChI=1S/C14H15F4NO4S/c1-8-4-9(13(20)21)7-19(6-8)24(22,23)12-3-2-10(5-11(12)15)14(16,17)18/h2-3,5,8-9H,4,6-7H2,1H3,(H,20,21). The van der Waals surface area contributed by atoms with Crippen LogP contribution in [0.2, 0.25) is 0 Å². The van der Waals surface area contributed by atoms with Crippen LogP contribution < -0.4 is 0 Å². The highest BCUT2D eigenvalue weighted by molar-refractivity contribution is 7.89. The number of benzene rings is 1. The van der Waals surface area contributed by atoms with Crippen LogP contribution >= 0.6 is 0 Å². The zero-order valence-corrected chi connectivity index (χ0v) is 13.4. The molecule has 24 heavy (non-hydrogen) atoms. The van der Waals surface area contributed by atoms with Gasteiger partial charge < -0.3 is 5.11 Å². The molecule has 0 amide bonds. The van der Waals surface area contributed by atoms with Gasteiger partial charge in [0.05, 0.1) is 11.5 Å². The number of carboxylic acids is 1. The molecule has 0 aliphatic carbocycles. The van der Waals surface area contributed by atoms with Crippen LogP contribution in [0.1, 0.15) is 18.9 Å². The van der Waals surface area contributed by atoms with Crippen LogP contribution in [0.5, 0.6) is 0 Å². The number of rotatable bonds is 3. The molecule has 134 valence electrons. The van der Waals surface area contributed by atoms with Crippen molar-refractivity contribution in [3.8, 4) is 0 Å². The van der Waals surface area contributed by atoms with Crippen LogP contribution in [0, 0.1) is 17.7 Å². The average molecular weight is 369 g/mol. The smallest absolute Gasteiger partial charge is 0.416 e. The summed E-state index contributed by atoms with van der Waals surface area (Å²) in [7, 11) is -4.43. The Labute approximate surface area is 135 Å². The molecule has 1 aliphatic heterocycles. The molecular formula is C14H15F4NO4S. The van der Waals surface area contributed by atoms with Crippen molar-refractivity contribution in [2.75, 3.05) is 13.1 Å². The maximum Gasteiger partial charge on any atom is 0.416 e. The van der Waals surface area contributed by atoms with E-state index in [2.05, 4.69) is 0 Å². The van der Waals surface area contributed by atoms with Gasteiger partial charge in [0.25, 0.3) is 0 Å². The lowest BCUT2D eigenvalue weighted by Gasteiger charge is -2.33. The third kappa shape index (κ3) is 3.69. The second kappa shape index (κ2) is 6.32. The minimum Gasteiger partial charge on any atom is -0.481 e. The average Bonchev–Trinajstić information content (AvgIpc) is 2.45. The van der Waals surface area contributed by atoms with E-state index in [9.17, 15) is 30.8 Å². The zero-order chi connectivity index (χ0) is 18.3. The molecule has 0 saturated carbocycles. The number of carbonyl (C=O) groups is 1. The Morgan fingerprint density at radius 1 is 1.29 bits per heavy atom. The molecule has 0 bridgehead atoms. The molecule has 2 rings (SSSR count). The molecule has 1 heterocycles. The number of sulfonamides is 1. The van der Waals surface area contributed by atoms with Gasteiger partial charge in [0, 0.05) is 13.1 Å². The number of alkyl halides is 3. The molecule has 1 aromatic rings. The first-order chi connectivity index (χ1) is 10.9. The number of halogens is 4. The fourth-order valence-electron chi connectivity index (χ4n) is 2.70. The van der Waals surface area contributed by atoms with Crippen molar-refractivity contribution in [3.05, 3.63) is 29.6 Å². The van der Waals surface area contributed by atoms with E-state index in [1.807, 2.05) is 0 Å². The van der Waals surface area contributed by atoms with Crippen molar-refractivity contribution < 1.29 is 35.9 Å². The maximum atomic E-state index is 14.0. The highest BCUT2D eigenvalue weighted by Crippen LogP contribution is 2.33. The zero-order valence-electron chi connectivity index (χ0n) is 12.5. The summed E-state index contributed by atoms with van der Waals surface area (Å²) in [5.41, 5.74) is -1.30. The Kier molecular flexibility index (Phi) is 4.91. The Hall–Kier alpha value is -1.68. The second-order valence-corrected chi connectivity index (χ2v) is 7.75. The van der Waals surface area contributed by atoms with Crippen molar-refractivity contribution >= 4 is 16.0 Å². The summed E-state index contributed by atoms with van der Waals surface area (Å²) in [4.78, 5) is 10.2. The molecule has 0 spiro atoms. The van der Waals surface area contributed by atoms with E-state index < -0.39 is 44.4 Å². The predicted molar refractivity (Wildman–Crippen MR) is 75.1 cm³/mol. The summed E-state index contributed by atoms with van der Waals surface area (Å²) >= 11 is 0. The summed E-state index contributed by atoms with van der Waals surface area (Å²) in [5, 5.41) is 9.07. The van der Waals surface area contributed by atoms with Gasteiger partial charge >= 0.3 is 12.1 Å². The summed E-state index contributed by atoms with van der Waals surface area (Å²) in [5.74, 6) is -3.90. The highest BCUT2D eigenvalue weighted by Gasteiger charge is 2.38. The van der Waals surface area contributed by atoms with E-state index in [0.717, 1.165) is 4.31 Å². The van der Waals surface area contributed by atoms with Gasteiger partial charge in [0.1, 0.15) is 10.7 Å². The van der Waals surface area contributed by atoms with Crippen LogP contribution in [-0.4, -0.2) is 36.9 Å². The first kappa shape index (κ1) is 18.7. The van der Waals surface area contributed by atoms with Gasteiger partial charge in [0.2, 0.25) is 10.0 Å². The van der Waals surface area contributed by atoms with Crippen LogP contribution in [0.4, 0.5) is 17.6 Å². The van der Waals surface area contributed by atoms with E-state index in [1.54, 1.807) is 6.92 Å². The second-order valence-electron chi connectivity index (χ2n) is 5.84. The van der Waals surface area contributed by atoms with Crippen LogP contribution in [-0.2, 0) is 21.0 Å². The molecule has 1 aromatic carbocycles. The fraction of sp³-hybridized carbons (Fsp3) is 0.500. The Morgan fingerprint density at radius 3 is 2.42 bits per heavy atom. The van der Waals surface area contributed by atoms with Crippen molar-refractivity contribution in [2.45, 2.75) is 24.4 Å². The topological polar surface area (TPSA) is 74.7 Å². The number of aliphatic carboxylic acids is 1. The summed E-state index contributed by atoms with van der Waals surface area (Å²) < 4.78 is 77.4. The predicted octanol–water partition coefficient (Wildman–Crippen LogP) is 2.58. The lowest BCUT2D eigenvalue weighted by atomic mass is 9.92. The number of carboxylic acid groups (broad SMARTS) is 1. The van der Waals surface area contributed by atoms with E-state index in [4.69, 9.17) is 5.11 Å². The van der Waals surface area contributed by atoms with Gasteiger partial charge in [-0.25, -0.2) is 12.8 Å². The Bertz CT molecular complexity index is 748. The van der Waals surface area contributed by atoms with Gasteiger partial charge in [-0.3, -0.25) is 4.79 Å². The third-order valence-corrected chi connectivity index (χ3v) is 5.72. The summed E-state index contributed by atoms with van der Waals surface area (Å²) in [6.07, 6.45) is -4.52. The van der Waals surface area contributed by atoms with Crippen molar-refractivity contribution in [3.63, 3.8) is 0 Å². The van der Waals surface area contributed by atoms with Crippen molar-refractivity contribution in [1.82, 2.24) is 4.31 Å². The molecule has 1 fully saturated rings. The van der Waals surface area contributed by atoms with E-state index in [1.165, 1.54) is 0 Å². The van der Waals surface area contributed by atoms with Crippen molar-refractivity contribution in [1.29, 1.82) is 0 Å². The fourth-order valence-corrected chi connectivity index (χ4v) is 4.35. The molecule has 10 heteroatoms. The van der Waals surface area contributed by atoms with Crippen LogP contribution in [0.25, 0.3) is 0 Å². The van der Waals surface area contributed by atoms with Gasteiger partial charge in [-0.15, -0.1) is 0 Å². The molecule has 1 saturated heterocycles.